The van der Waals surface area contributed by atoms with Crippen LogP contribution in [0, 0.1) is 11.6 Å². The number of Topliss-reactive ketones (excluding diaryl/α,β-unsaturated/α-hetero) is 1. The van der Waals surface area contributed by atoms with Gasteiger partial charge in [-0.2, -0.15) is 0 Å². The minimum Gasteiger partial charge on any atom is -0.314 e. The van der Waals surface area contributed by atoms with Crippen LogP contribution in [0.5, 0.6) is 0 Å². The predicted molar refractivity (Wildman–Crippen MR) is 64.6 cm³/mol. The molecule has 98 valence electrons. The van der Waals surface area contributed by atoms with Gasteiger partial charge in [-0.05, 0) is 12.1 Å². The molecule has 0 unspecified atom stereocenters. The van der Waals surface area contributed by atoms with Crippen LogP contribution >= 0.6 is 0 Å². The summed E-state index contributed by atoms with van der Waals surface area (Å²) < 4.78 is 26.1. The molecule has 5 heteroatoms. The molecular weight excluding hydrogens is 238 g/mol. The third kappa shape index (κ3) is 3.34. The SMILES string of the molecule is O=C(CCN1CCNCC1)c1ccc(F)cc1F. The first-order valence-corrected chi connectivity index (χ1v) is 6.08. The molecule has 3 nitrogen and oxygen atoms in total. The molecule has 1 fully saturated rings. The molecule has 0 radical (unpaired) electrons. The Morgan fingerprint density at radius 2 is 2.00 bits per heavy atom. The zero-order valence-electron chi connectivity index (χ0n) is 10.1. The topological polar surface area (TPSA) is 32.3 Å². The van der Waals surface area contributed by atoms with Crippen molar-refractivity contribution in [3.63, 3.8) is 0 Å². The Hall–Kier alpha value is -1.33. The lowest BCUT2D eigenvalue weighted by molar-refractivity contribution is 0.0956. The van der Waals surface area contributed by atoms with Crippen molar-refractivity contribution in [1.29, 1.82) is 0 Å². The fourth-order valence-electron chi connectivity index (χ4n) is 2.04. The molecule has 1 N–H and O–H groups in total. The Labute approximate surface area is 105 Å². The van der Waals surface area contributed by atoms with Crippen molar-refractivity contribution in [2.45, 2.75) is 6.42 Å². The van der Waals surface area contributed by atoms with E-state index >= 15 is 0 Å². The van der Waals surface area contributed by atoms with E-state index < -0.39 is 11.6 Å². The summed E-state index contributed by atoms with van der Waals surface area (Å²) >= 11 is 0. The molecule has 1 aliphatic heterocycles. The van der Waals surface area contributed by atoms with Gasteiger partial charge in [0.2, 0.25) is 0 Å². The molecule has 0 bridgehead atoms. The van der Waals surface area contributed by atoms with E-state index in [2.05, 4.69) is 10.2 Å². The Bertz CT molecular complexity index is 431. The number of carbonyl (C=O) groups excluding carboxylic acids is 1. The van der Waals surface area contributed by atoms with Crippen LogP contribution in [0.15, 0.2) is 18.2 Å². The van der Waals surface area contributed by atoms with E-state index in [-0.39, 0.29) is 17.8 Å². The highest BCUT2D eigenvalue weighted by atomic mass is 19.1. The third-order valence-electron chi connectivity index (χ3n) is 3.10. The van der Waals surface area contributed by atoms with Crippen molar-refractivity contribution in [3.8, 4) is 0 Å². The van der Waals surface area contributed by atoms with Crippen LogP contribution in [0.3, 0.4) is 0 Å². The minimum atomic E-state index is -0.777. The summed E-state index contributed by atoms with van der Waals surface area (Å²) in [5, 5.41) is 3.22. The molecule has 1 saturated heterocycles. The zero-order valence-corrected chi connectivity index (χ0v) is 10.1. The molecule has 0 amide bonds. The van der Waals surface area contributed by atoms with Crippen molar-refractivity contribution < 1.29 is 13.6 Å². The van der Waals surface area contributed by atoms with Crippen LogP contribution in [0.2, 0.25) is 0 Å². The van der Waals surface area contributed by atoms with E-state index in [1.54, 1.807) is 0 Å². The Morgan fingerprint density at radius 1 is 1.28 bits per heavy atom. The number of halogens is 2. The van der Waals surface area contributed by atoms with Gasteiger partial charge >= 0.3 is 0 Å². The summed E-state index contributed by atoms with van der Waals surface area (Å²) in [6.07, 6.45) is 0.266. The zero-order chi connectivity index (χ0) is 13.0. The third-order valence-corrected chi connectivity index (χ3v) is 3.10. The maximum absolute atomic E-state index is 13.4. The highest BCUT2D eigenvalue weighted by Gasteiger charge is 2.15. The maximum Gasteiger partial charge on any atom is 0.167 e. The van der Waals surface area contributed by atoms with Crippen LogP contribution in [0.1, 0.15) is 16.8 Å². The first-order valence-electron chi connectivity index (χ1n) is 6.08. The van der Waals surface area contributed by atoms with Crippen molar-refractivity contribution in [2.24, 2.45) is 0 Å². The second kappa shape index (κ2) is 6.02. The van der Waals surface area contributed by atoms with Crippen LogP contribution in [-0.2, 0) is 0 Å². The van der Waals surface area contributed by atoms with Crippen LogP contribution in [0.25, 0.3) is 0 Å². The first kappa shape index (κ1) is 13.1. The summed E-state index contributed by atoms with van der Waals surface area (Å²) in [5.41, 5.74) is -0.0217. The van der Waals surface area contributed by atoms with E-state index in [0.717, 1.165) is 38.3 Å². The predicted octanol–water partition coefficient (Wildman–Crippen LogP) is 1.44. The van der Waals surface area contributed by atoms with E-state index in [1.807, 2.05) is 0 Å². The average molecular weight is 254 g/mol. The molecule has 0 spiro atoms. The van der Waals surface area contributed by atoms with Crippen LogP contribution < -0.4 is 5.32 Å². The molecule has 1 aromatic carbocycles. The molecule has 1 aliphatic rings. The molecule has 0 atom stereocenters. The lowest BCUT2D eigenvalue weighted by Gasteiger charge is -2.26. The fourth-order valence-corrected chi connectivity index (χ4v) is 2.04. The number of nitrogens with one attached hydrogen (secondary N) is 1. The molecule has 0 saturated carbocycles. The lowest BCUT2D eigenvalue weighted by atomic mass is 10.1. The number of rotatable bonds is 4. The number of nitrogens with zero attached hydrogens (tertiary/aromatic N) is 1. The molecular formula is C13H16F2N2O. The molecule has 1 aromatic rings. The van der Waals surface area contributed by atoms with Gasteiger partial charge in [0.25, 0.3) is 0 Å². The standard InChI is InChI=1S/C13H16F2N2O/c14-10-1-2-11(12(15)9-10)13(18)3-6-17-7-4-16-5-8-17/h1-2,9,16H,3-8H2. The van der Waals surface area contributed by atoms with Gasteiger partial charge in [-0.3, -0.25) is 4.79 Å². The molecule has 0 aromatic heterocycles. The number of piperazine rings is 1. The lowest BCUT2D eigenvalue weighted by Crippen LogP contribution is -2.44. The first-order chi connectivity index (χ1) is 8.66. The normalized spacial score (nSPS) is 16.8. The summed E-state index contributed by atoms with van der Waals surface area (Å²) in [4.78, 5) is 14.0. The van der Waals surface area contributed by atoms with E-state index in [4.69, 9.17) is 0 Å². The van der Waals surface area contributed by atoms with Crippen molar-refractivity contribution in [1.82, 2.24) is 10.2 Å². The van der Waals surface area contributed by atoms with Gasteiger partial charge in [-0.1, -0.05) is 0 Å². The summed E-state index contributed by atoms with van der Waals surface area (Å²) in [7, 11) is 0. The van der Waals surface area contributed by atoms with Crippen LogP contribution in [-0.4, -0.2) is 43.4 Å². The summed E-state index contributed by atoms with van der Waals surface area (Å²) in [6.45, 7) is 4.26. The van der Waals surface area contributed by atoms with Crippen LogP contribution in [0.4, 0.5) is 8.78 Å². The monoisotopic (exact) mass is 254 g/mol. The smallest absolute Gasteiger partial charge is 0.167 e. The Balaban J connectivity index is 1.90. The highest BCUT2D eigenvalue weighted by molar-refractivity contribution is 5.96. The maximum atomic E-state index is 13.4. The summed E-state index contributed by atoms with van der Waals surface area (Å²) in [6, 6.07) is 3.07. The highest BCUT2D eigenvalue weighted by Crippen LogP contribution is 2.12. The van der Waals surface area contributed by atoms with E-state index in [9.17, 15) is 13.6 Å². The molecule has 2 rings (SSSR count). The number of benzene rings is 1. The summed E-state index contributed by atoms with van der Waals surface area (Å²) in [5.74, 6) is -1.71. The van der Waals surface area contributed by atoms with Crippen molar-refractivity contribution >= 4 is 5.78 Å². The number of hydrogen-bond acceptors (Lipinski definition) is 3. The van der Waals surface area contributed by atoms with Gasteiger partial charge in [0.15, 0.2) is 5.78 Å². The molecule has 18 heavy (non-hydrogen) atoms. The molecule has 1 heterocycles. The van der Waals surface area contributed by atoms with Gasteiger partial charge in [-0.25, -0.2) is 8.78 Å². The quantitative estimate of drug-likeness (QED) is 0.825. The van der Waals surface area contributed by atoms with Gasteiger partial charge < -0.3 is 10.2 Å². The van der Waals surface area contributed by atoms with Gasteiger partial charge in [0, 0.05) is 45.2 Å². The Morgan fingerprint density at radius 3 is 2.67 bits per heavy atom. The number of ketones is 1. The van der Waals surface area contributed by atoms with Gasteiger partial charge in [-0.15, -0.1) is 0 Å². The van der Waals surface area contributed by atoms with E-state index in [0.29, 0.717) is 6.54 Å². The van der Waals surface area contributed by atoms with Crippen molar-refractivity contribution in [3.05, 3.63) is 35.4 Å². The largest absolute Gasteiger partial charge is 0.314 e. The number of hydrogen-bond donors (Lipinski definition) is 1. The second-order valence-corrected chi connectivity index (χ2v) is 4.39. The molecule has 0 aliphatic carbocycles. The van der Waals surface area contributed by atoms with E-state index in [1.165, 1.54) is 6.07 Å². The Kier molecular flexibility index (Phi) is 4.38. The van der Waals surface area contributed by atoms with Crippen molar-refractivity contribution in [2.75, 3.05) is 32.7 Å². The van der Waals surface area contributed by atoms with Gasteiger partial charge in [0.1, 0.15) is 11.6 Å². The van der Waals surface area contributed by atoms with Gasteiger partial charge in [0.05, 0.1) is 5.56 Å². The minimum absolute atomic E-state index is 0.0217. The second-order valence-electron chi connectivity index (χ2n) is 4.39. The fraction of sp³-hybridized carbons (Fsp3) is 0.462. The number of carbonyl (C=O) groups is 1. The average Bonchev–Trinajstić information content (AvgIpc) is 2.37.